The molecule has 114 valence electrons. The number of H-pyrrole nitrogens is 1. The SMILES string of the molecule is CN(C)c1nc2c(c(=O)[nH]1)CCN(C(=O)[C@@H]1CCCO1)C2. The van der Waals surface area contributed by atoms with Gasteiger partial charge in [-0.2, -0.15) is 0 Å². The molecule has 3 rings (SSSR count). The Morgan fingerprint density at radius 2 is 2.29 bits per heavy atom. The molecule has 0 aromatic carbocycles. The third-order valence-electron chi connectivity index (χ3n) is 4.00. The van der Waals surface area contributed by atoms with E-state index in [2.05, 4.69) is 9.97 Å². The molecule has 0 aliphatic carbocycles. The monoisotopic (exact) mass is 292 g/mol. The number of hydrogen-bond donors (Lipinski definition) is 1. The zero-order valence-electron chi connectivity index (χ0n) is 12.4. The van der Waals surface area contributed by atoms with Crippen LogP contribution in [0.3, 0.4) is 0 Å². The molecule has 1 amide bonds. The van der Waals surface area contributed by atoms with Crippen molar-refractivity contribution in [3.8, 4) is 0 Å². The van der Waals surface area contributed by atoms with E-state index in [9.17, 15) is 9.59 Å². The first-order chi connectivity index (χ1) is 10.1. The predicted molar refractivity (Wildman–Crippen MR) is 77.3 cm³/mol. The van der Waals surface area contributed by atoms with Crippen LogP contribution in [0.5, 0.6) is 0 Å². The van der Waals surface area contributed by atoms with Crippen LogP contribution in [-0.4, -0.2) is 54.1 Å². The topological polar surface area (TPSA) is 78.5 Å². The van der Waals surface area contributed by atoms with E-state index < -0.39 is 0 Å². The largest absolute Gasteiger partial charge is 0.368 e. The molecule has 1 saturated heterocycles. The molecule has 0 radical (unpaired) electrons. The van der Waals surface area contributed by atoms with Crippen LogP contribution in [0, 0.1) is 0 Å². The van der Waals surface area contributed by atoms with Crippen molar-refractivity contribution in [2.45, 2.75) is 31.9 Å². The van der Waals surface area contributed by atoms with Gasteiger partial charge < -0.3 is 14.5 Å². The number of fused-ring (bicyclic) bond motifs is 1. The minimum absolute atomic E-state index is 0.0200. The van der Waals surface area contributed by atoms with E-state index in [0.29, 0.717) is 43.3 Å². The third-order valence-corrected chi connectivity index (χ3v) is 4.00. The summed E-state index contributed by atoms with van der Waals surface area (Å²) < 4.78 is 5.45. The normalized spacial score (nSPS) is 21.2. The maximum Gasteiger partial charge on any atom is 0.255 e. The van der Waals surface area contributed by atoms with Crippen molar-refractivity contribution >= 4 is 11.9 Å². The van der Waals surface area contributed by atoms with E-state index in [-0.39, 0.29) is 17.6 Å². The first-order valence-electron chi connectivity index (χ1n) is 7.26. The first-order valence-corrected chi connectivity index (χ1v) is 7.26. The molecule has 0 saturated carbocycles. The van der Waals surface area contributed by atoms with Crippen LogP contribution in [0.25, 0.3) is 0 Å². The fourth-order valence-electron chi connectivity index (χ4n) is 2.80. The number of hydrogen-bond acceptors (Lipinski definition) is 5. The number of carbonyl (C=O) groups excluding carboxylic acids is 1. The Kier molecular flexibility index (Phi) is 3.67. The highest BCUT2D eigenvalue weighted by atomic mass is 16.5. The van der Waals surface area contributed by atoms with E-state index in [1.54, 1.807) is 9.80 Å². The molecule has 2 aliphatic rings. The number of ether oxygens (including phenoxy) is 1. The van der Waals surface area contributed by atoms with Crippen LogP contribution in [0.15, 0.2) is 4.79 Å². The fourth-order valence-corrected chi connectivity index (χ4v) is 2.80. The summed E-state index contributed by atoms with van der Waals surface area (Å²) in [5.74, 6) is 0.539. The molecule has 1 fully saturated rings. The summed E-state index contributed by atoms with van der Waals surface area (Å²) >= 11 is 0. The van der Waals surface area contributed by atoms with Gasteiger partial charge >= 0.3 is 0 Å². The number of carbonyl (C=O) groups is 1. The number of aromatic amines is 1. The highest BCUT2D eigenvalue weighted by molar-refractivity contribution is 5.81. The minimum atomic E-state index is -0.318. The molecule has 0 unspecified atom stereocenters. The van der Waals surface area contributed by atoms with Crippen molar-refractivity contribution in [3.63, 3.8) is 0 Å². The van der Waals surface area contributed by atoms with Crippen molar-refractivity contribution in [2.24, 2.45) is 0 Å². The number of nitrogens with one attached hydrogen (secondary N) is 1. The van der Waals surface area contributed by atoms with E-state index in [1.807, 2.05) is 14.1 Å². The second kappa shape index (κ2) is 5.48. The maximum atomic E-state index is 12.4. The molecule has 3 heterocycles. The molecular formula is C14H20N4O3. The second-order valence-corrected chi connectivity index (χ2v) is 5.72. The van der Waals surface area contributed by atoms with Gasteiger partial charge in [0.05, 0.1) is 12.2 Å². The molecule has 2 aliphatic heterocycles. The van der Waals surface area contributed by atoms with Crippen molar-refractivity contribution in [2.75, 3.05) is 32.1 Å². The zero-order chi connectivity index (χ0) is 15.0. The Labute approximate surface area is 122 Å². The van der Waals surface area contributed by atoms with Crippen LogP contribution < -0.4 is 10.5 Å². The van der Waals surface area contributed by atoms with Gasteiger partial charge in [0, 0.05) is 32.8 Å². The highest BCUT2D eigenvalue weighted by Crippen LogP contribution is 2.20. The predicted octanol–water partition coefficient (Wildman–Crippen LogP) is -0.100. The Hall–Kier alpha value is -1.89. The van der Waals surface area contributed by atoms with Crippen LogP contribution in [0.4, 0.5) is 5.95 Å². The van der Waals surface area contributed by atoms with E-state index >= 15 is 0 Å². The van der Waals surface area contributed by atoms with Crippen molar-refractivity contribution in [1.82, 2.24) is 14.9 Å². The van der Waals surface area contributed by atoms with Gasteiger partial charge in [-0.25, -0.2) is 4.98 Å². The fraction of sp³-hybridized carbons (Fsp3) is 0.643. The number of amides is 1. The van der Waals surface area contributed by atoms with Gasteiger partial charge in [-0.1, -0.05) is 0 Å². The van der Waals surface area contributed by atoms with Gasteiger partial charge in [0.2, 0.25) is 5.95 Å². The van der Waals surface area contributed by atoms with Crippen LogP contribution >= 0.6 is 0 Å². The molecule has 1 atom stereocenters. The summed E-state index contributed by atoms with van der Waals surface area (Å²) in [4.78, 5) is 35.2. The lowest BCUT2D eigenvalue weighted by molar-refractivity contribution is -0.141. The number of rotatable bonds is 2. The number of nitrogens with zero attached hydrogens (tertiary/aromatic N) is 3. The van der Waals surface area contributed by atoms with E-state index in [1.165, 1.54) is 0 Å². The lowest BCUT2D eigenvalue weighted by Gasteiger charge is -2.30. The molecular weight excluding hydrogens is 272 g/mol. The molecule has 0 spiro atoms. The van der Waals surface area contributed by atoms with Crippen molar-refractivity contribution < 1.29 is 9.53 Å². The molecule has 7 nitrogen and oxygen atoms in total. The summed E-state index contributed by atoms with van der Waals surface area (Å²) in [5, 5.41) is 0. The molecule has 0 bridgehead atoms. The van der Waals surface area contributed by atoms with E-state index in [0.717, 1.165) is 12.8 Å². The van der Waals surface area contributed by atoms with Crippen LogP contribution in [-0.2, 0) is 22.5 Å². The summed E-state index contributed by atoms with van der Waals surface area (Å²) in [6.07, 6.45) is 1.95. The maximum absolute atomic E-state index is 12.4. The highest BCUT2D eigenvalue weighted by Gasteiger charge is 2.31. The summed E-state index contributed by atoms with van der Waals surface area (Å²) in [6, 6.07) is 0. The van der Waals surface area contributed by atoms with Gasteiger partial charge in [0.15, 0.2) is 0 Å². The molecule has 7 heteroatoms. The van der Waals surface area contributed by atoms with Gasteiger partial charge in [0.25, 0.3) is 11.5 Å². The quantitative estimate of drug-likeness (QED) is 0.823. The Morgan fingerprint density at radius 1 is 1.48 bits per heavy atom. The molecule has 21 heavy (non-hydrogen) atoms. The standard InChI is InChI=1S/C14H20N4O3/c1-17(2)14-15-10-8-18(6-5-9(10)12(19)16-14)13(20)11-4-3-7-21-11/h11H,3-8H2,1-2H3,(H,15,16,19)/t11-/m0/s1. The Morgan fingerprint density at radius 3 is 2.95 bits per heavy atom. The first kappa shape index (κ1) is 14.1. The van der Waals surface area contributed by atoms with Gasteiger partial charge in [0.1, 0.15) is 6.10 Å². The second-order valence-electron chi connectivity index (χ2n) is 5.72. The number of anilines is 1. The van der Waals surface area contributed by atoms with Gasteiger partial charge in [-0.05, 0) is 19.3 Å². The Bertz CT molecular complexity index is 605. The van der Waals surface area contributed by atoms with Crippen molar-refractivity contribution in [1.29, 1.82) is 0 Å². The third kappa shape index (κ3) is 2.65. The zero-order valence-corrected chi connectivity index (χ0v) is 12.4. The molecule has 1 aromatic rings. The summed E-state index contributed by atoms with van der Waals surface area (Å²) in [5.41, 5.74) is 1.28. The van der Waals surface area contributed by atoms with Crippen LogP contribution in [0.2, 0.25) is 0 Å². The van der Waals surface area contributed by atoms with Crippen LogP contribution in [0.1, 0.15) is 24.1 Å². The average molecular weight is 292 g/mol. The average Bonchev–Trinajstić information content (AvgIpc) is 2.99. The van der Waals surface area contributed by atoms with Gasteiger partial charge in [-0.15, -0.1) is 0 Å². The van der Waals surface area contributed by atoms with Crippen molar-refractivity contribution in [3.05, 3.63) is 21.6 Å². The Balaban J connectivity index is 1.84. The van der Waals surface area contributed by atoms with Gasteiger partial charge in [-0.3, -0.25) is 14.6 Å². The van der Waals surface area contributed by atoms with E-state index in [4.69, 9.17) is 4.74 Å². The lowest BCUT2D eigenvalue weighted by Crippen LogP contribution is -2.44. The smallest absolute Gasteiger partial charge is 0.255 e. The molecule has 1 aromatic heterocycles. The summed E-state index contributed by atoms with van der Waals surface area (Å²) in [7, 11) is 3.64. The lowest BCUT2D eigenvalue weighted by atomic mass is 10.1. The minimum Gasteiger partial charge on any atom is -0.368 e. The molecule has 1 N–H and O–H groups in total. The summed E-state index contributed by atoms with van der Waals surface area (Å²) in [6.45, 7) is 1.60. The number of aromatic nitrogens is 2.